The molecule has 1 heterocycles. The first-order valence-electron chi connectivity index (χ1n) is 7.45. The first-order chi connectivity index (χ1) is 10.7. The van der Waals surface area contributed by atoms with Crippen molar-refractivity contribution in [1.29, 1.82) is 0 Å². The fourth-order valence-electron chi connectivity index (χ4n) is 2.14. The van der Waals surface area contributed by atoms with Crippen molar-refractivity contribution in [2.75, 3.05) is 13.2 Å². The second-order valence-corrected chi connectivity index (χ2v) is 5.49. The number of aliphatic hydroxyl groups excluding tert-OH is 1. The third kappa shape index (κ3) is 3.68. The van der Waals surface area contributed by atoms with Crippen LogP contribution in [-0.4, -0.2) is 24.2 Å². The zero-order valence-electron chi connectivity index (χ0n) is 12.2. The van der Waals surface area contributed by atoms with Crippen molar-refractivity contribution in [3.05, 3.63) is 54.0 Å². The van der Waals surface area contributed by atoms with E-state index in [-0.39, 0.29) is 12.5 Å². The third-order valence-electron chi connectivity index (χ3n) is 3.63. The summed E-state index contributed by atoms with van der Waals surface area (Å²) < 4.78 is 10.8. The zero-order valence-corrected chi connectivity index (χ0v) is 12.2. The minimum absolute atomic E-state index is 0.0866. The van der Waals surface area contributed by atoms with Gasteiger partial charge in [-0.15, -0.1) is 0 Å². The Kier molecular flexibility index (Phi) is 4.44. The van der Waals surface area contributed by atoms with Crippen molar-refractivity contribution in [2.45, 2.75) is 18.9 Å². The quantitative estimate of drug-likeness (QED) is 0.824. The number of amides is 1. The van der Waals surface area contributed by atoms with Gasteiger partial charge in [-0.3, -0.25) is 4.79 Å². The van der Waals surface area contributed by atoms with Gasteiger partial charge in [0.25, 0.3) is 5.91 Å². The molecule has 5 heteroatoms. The van der Waals surface area contributed by atoms with Gasteiger partial charge in [0.05, 0.1) is 25.0 Å². The standard InChI is InChI=1S/C17H19NO4/c19-14(16-6-3-9-21-16)10-18-17(20)13-4-1-2-5-15(13)22-11-12-7-8-12/h1-6,9,12,14,19H,7-8,10-11H2,(H,18,20). The summed E-state index contributed by atoms with van der Waals surface area (Å²) in [6.45, 7) is 0.739. The Morgan fingerprint density at radius 3 is 2.86 bits per heavy atom. The van der Waals surface area contributed by atoms with E-state index in [0.717, 1.165) is 0 Å². The van der Waals surface area contributed by atoms with Crippen molar-refractivity contribution in [1.82, 2.24) is 5.32 Å². The number of para-hydroxylation sites is 1. The van der Waals surface area contributed by atoms with Gasteiger partial charge >= 0.3 is 0 Å². The largest absolute Gasteiger partial charge is 0.492 e. The SMILES string of the molecule is O=C(NCC(O)c1ccco1)c1ccccc1OCC1CC1. The van der Waals surface area contributed by atoms with E-state index >= 15 is 0 Å². The molecule has 5 nitrogen and oxygen atoms in total. The number of furan rings is 1. The molecule has 1 unspecified atom stereocenters. The van der Waals surface area contributed by atoms with Gasteiger partial charge in [0.15, 0.2) is 0 Å². The molecule has 1 aromatic carbocycles. The van der Waals surface area contributed by atoms with Gasteiger partial charge in [-0.25, -0.2) is 0 Å². The second-order valence-electron chi connectivity index (χ2n) is 5.49. The molecule has 0 radical (unpaired) electrons. The third-order valence-corrected chi connectivity index (χ3v) is 3.63. The maximum atomic E-state index is 12.3. The van der Waals surface area contributed by atoms with Crippen LogP contribution in [0.3, 0.4) is 0 Å². The molecule has 3 rings (SSSR count). The van der Waals surface area contributed by atoms with Crippen LogP contribution in [0, 0.1) is 5.92 Å². The molecule has 1 atom stereocenters. The summed E-state index contributed by atoms with van der Waals surface area (Å²) in [7, 11) is 0. The molecule has 0 spiro atoms. The van der Waals surface area contributed by atoms with E-state index in [9.17, 15) is 9.90 Å². The lowest BCUT2D eigenvalue weighted by molar-refractivity contribution is 0.0897. The summed E-state index contributed by atoms with van der Waals surface area (Å²) in [5, 5.41) is 12.6. The minimum Gasteiger partial charge on any atom is -0.492 e. The highest BCUT2D eigenvalue weighted by Gasteiger charge is 2.23. The molecular weight excluding hydrogens is 282 g/mol. The molecule has 2 aromatic rings. The van der Waals surface area contributed by atoms with Crippen LogP contribution in [0.2, 0.25) is 0 Å². The Morgan fingerprint density at radius 1 is 1.32 bits per heavy atom. The molecule has 0 aliphatic heterocycles. The van der Waals surface area contributed by atoms with Crippen LogP contribution in [0.25, 0.3) is 0 Å². The molecule has 1 fully saturated rings. The van der Waals surface area contributed by atoms with E-state index in [4.69, 9.17) is 9.15 Å². The molecule has 0 bridgehead atoms. The van der Waals surface area contributed by atoms with Crippen LogP contribution >= 0.6 is 0 Å². The number of aliphatic hydroxyl groups is 1. The average Bonchev–Trinajstić information content (AvgIpc) is 3.21. The van der Waals surface area contributed by atoms with Crippen LogP contribution in [0.5, 0.6) is 5.75 Å². The predicted octanol–water partition coefficient (Wildman–Crippen LogP) is 2.53. The van der Waals surface area contributed by atoms with E-state index < -0.39 is 6.10 Å². The smallest absolute Gasteiger partial charge is 0.255 e. The van der Waals surface area contributed by atoms with E-state index in [1.54, 1.807) is 30.3 Å². The fourth-order valence-corrected chi connectivity index (χ4v) is 2.14. The summed E-state index contributed by atoms with van der Waals surface area (Å²) in [6, 6.07) is 10.5. The van der Waals surface area contributed by atoms with Gasteiger partial charge < -0.3 is 19.6 Å². The number of ether oxygens (including phenoxy) is 1. The van der Waals surface area contributed by atoms with Crippen LogP contribution < -0.4 is 10.1 Å². The highest BCUT2D eigenvalue weighted by atomic mass is 16.5. The molecule has 2 N–H and O–H groups in total. The van der Waals surface area contributed by atoms with Crippen molar-refractivity contribution in [3.8, 4) is 5.75 Å². The fraction of sp³-hybridized carbons (Fsp3) is 0.353. The van der Waals surface area contributed by atoms with Gasteiger partial charge in [-0.1, -0.05) is 12.1 Å². The maximum absolute atomic E-state index is 12.3. The summed E-state index contributed by atoms with van der Waals surface area (Å²) >= 11 is 0. The Labute approximate surface area is 128 Å². The lowest BCUT2D eigenvalue weighted by Crippen LogP contribution is -2.28. The van der Waals surface area contributed by atoms with Gasteiger partial charge in [0.1, 0.15) is 17.6 Å². The van der Waals surface area contributed by atoms with E-state index in [2.05, 4.69) is 5.32 Å². The lowest BCUT2D eigenvalue weighted by atomic mass is 10.2. The summed E-state index contributed by atoms with van der Waals surface area (Å²) in [5.74, 6) is 1.37. The monoisotopic (exact) mass is 301 g/mol. The highest BCUT2D eigenvalue weighted by Crippen LogP contribution is 2.30. The Balaban J connectivity index is 1.59. The Morgan fingerprint density at radius 2 is 2.14 bits per heavy atom. The van der Waals surface area contributed by atoms with Gasteiger partial charge in [-0.05, 0) is 43.0 Å². The molecule has 1 aliphatic rings. The first kappa shape index (κ1) is 14.7. The molecule has 1 aromatic heterocycles. The van der Waals surface area contributed by atoms with Gasteiger partial charge in [-0.2, -0.15) is 0 Å². The number of carbonyl (C=O) groups excluding carboxylic acids is 1. The first-order valence-corrected chi connectivity index (χ1v) is 7.45. The van der Waals surface area contributed by atoms with Crippen molar-refractivity contribution in [3.63, 3.8) is 0 Å². The Bertz CT molecular complexity index is 619. The topological polar surface area (TPSA) is 71.7 Å². The maximum Gasteiger partial charge on any atom is 0.255 e. The molecule has 116 valence electrons. The predicted molar refractivity (Wildman–Crippen MR) is 80.7 cm³/mol. The van der Waals surface area contributed by atoms with Crippen LogP contribution in [-0.2, 0) is 0 Å². The normalized spacial score (nSPS) is 15.3. The molecule has 1 amide bonds. The van der Waals surface area contributed by atoms with Crippen LogP contribution in [0.4, 0.5) is 0 Å². The van der Waals surface area contributed by atoms with Gasteiger partial charge in [0.2, 0.25) is 0 Å². The Hall–Kier alpha value is -2.27. The number of carbonyl (C=O) groups is 1. The number of nitrogens with one attached hydrogen (secondary N) is 1. The van der Waals surface area contributed by atoms with E-state index in [1.807, 2.05) is 6.07 Å². The molecule has 22 heavy (non-hydrogen) atoms. The zero-order chi connectivity index (χ0) is 15.4. The van der Waals surface area contributed by atoms with Crippen molar-refractivity contribution < 1.29 is 19.1 Å². The van der Waals surface area contributed by atoms with Crippen molar-refractivity contribution in [2.24, 2.45) is 5.92 Å². The second kappa shape index (κ2) is 6.66. The number of hydrogen-bond donors (Lipinski definition) is 2. The number of rotatable bonds is 7. The summed E-state index contributed by atoms with van der Waals surface area (Å²) in [5.41, 5.74) is 0.481. The lowest BCUT2D eigenvalue weighted by Gasteiger charge is -2.13. The molecule has 1 saturated carbocycles. The molecular formula is C17H19NO4. The van der Waals surface area contributed by atoms with E-state index in [1.165, 1.54) is 19.1 Å². The number of hydrogen-bond acceptors (Lipinski definition) is 4. The summed E-state index contributed by atoms with van der Waals surface area (Å²) in [6.07, 6.45) is 3.02. The van der Waals surface area contributed by atoms with Gasteiger partial charge in [0, 0.05) is 0 Å². The number of benzene rings is 1. The van der Waals surface area contributed by atoms with Crippen LogP contribution in [0.15, 0.2) is 47.1 Å². The average molecular weight is 301 g/mol. The molecule has 1 aliphatic carbocycles. The van der Waals surface area contributed by atoms with Crippen molar-refractivity contribution >= 4 is 5.91 Å². The summed E-state index contributed by atoms with van der Waals surface area (Å²) in [4.78, 5) is 12.3. The minimum atomic E-state index is -0.863. The van der Waals surface area contributed by atoms with Crippen LogP contribution in [0.1, 0.15) is 35.1 Å². The molecule has 0 saturated heterocycles. The van der Waals surface area contributed by atoms with E-state index in [0.29, 0.717) is 29.6 Å². The highest BCUT2D eigenvalue weighted by molar-refractivity contribution is 5.96.